The summed E-state index contributed by atoms with van der Waals surface area (Å²) in [7, 11) is 1.53. The minimum absolute atomic E-state index is 0.0811. The number of ether oxygens (including phenoxy) is 2. The molecule has 1 atom stereocenters. The molecule has 9 heteroatoms. The van der Waals surface area contributed by atoms with Crippen LogP contribution in [0.5, 0.6) is 0 Å². The molecule has 1 aromatic carbocycles. The molecule has 0 bridgehead atoms. The Morgan fingerprint density at radius 2 is 1.93 bits per heavy atom. The second-order valence-electron chi connectivity index (χ2n) is 7.28. The molecule has 9 nitrogen and oxygen atoms in total. The minimum Gasteiger partial charge on any atom is -0.354 e. The minimum atomic E-state index is -0.340. The van der Waals surface area contributed by atoms with Crippen LogP contribution in [-0.4, -0.2) is 60.7 Å². The third-order valence-electron chi connectivity index (χ3n) is 4.97. The largest absolute Gasteiger partial charge is 0.354 e. The maximum Gasteiger partial charge on any atom is 0.271 e. The van der Waals surface area contributed by atoms with Gasteiger partial charge in [0.2, 0.25) is 0 Å². The monoisotopic (exact) mass is 415 g/mol. The van der Waals surface area contributed by atoms with Crippen LogP contribution in [0.1, 0.15) is 52.3 Å². The number of benzene rings is 1. The summed E-state index contributed by atoms with van der Waals surface area (Å²) in [5, 5.41) is 9.82. The second-order valence-corrected chi connectivity index (χ2v) is 7.28. The molecule has 0 spiro atoms. The molecule has 2 heterocycles. The van der Waals surface area contributed by atoms with Crippen molar-refractivity contribution in [1.82, 2.24) is 20.4 Å². The summed E-state index contributed by atoms with van der Waals surface area (Å²) in [6, 6.07) is 10.9. The lowest BCUT2D eigenvalue weighted by molar-refractivity contribution is -0.188. The maximum atomic E-state index is 12.8. The van der Waals surface area contributed by atoms with Crippen molar-refractivity contribution in [2.75, 3.05) is 26.8 Å². The third kappa shape index (κ3) is 5.44. The third-order valence-corrected chi connectivity index (χ3v) is 4.97. The molecule has 162 valence electrons. The van der Waals surface area contributed by atoms with Gasteiger partial charge in [0.15, 0.2) is 12.0 Å². The summed E-state index contributed by atoms with van der Waals surface area (Å²) in [6.45, 7) is 3.36. The molecule has 4 N–H and O–H groups in total. The van der Waals surface area contributed by atoms with Gasteiger partial charge in [-0.3, -0.25) is 14.3 Å². The first-order valence-electron chi connectivity index (χ1n) is 10.1. The summed E-state index contributed by atoms with van der Waals surface area (Å²) in [4.78, 5) is 24.9. The van der Waals surface area contributed by atoms with E-state index in [4.69, 9.17) is 15.2 Å². The Labute approximate surface area is 175 Å². The van der Waals surface area contributed by atoms with Crippen molar-refractivity contribution in [1.29, 1.82) is 0 Å². The maximum absolute atomic E-state index is 12.8. The summed E-state index contributed by atoms with van der Waals surface area (Å²) in [5.74, 6) is -0.624. The summed E-state index contributed by atoms with van der Waals surface area (Å²) < 4.78 is 12.6. The first-order chi connectivity index (χ1) is 14.5. The average molecular weight is 415 g/mol. The summed E-state index contributed by atoms with van der Waals surface area (Å²) in [5.41, 5.74) is 7.25. The van der Waals surface area contributed by atoms with Gasteiger partial charge in [0.1, 0.15) is 5.69 Å². The van der Waals surface area contributed by atoms with E-state index in [0.29, 0.717) is 38.3 Å². The topological polar surface area (TPSA) is 121 Å². The fourth-order valence-electron chi connectivity index (χ4n) is 3.26. The van der Waals surface area contributed by atoms with Crippen molar-refractivity contribution in [3.8, 4) is 0 Å². The lowest BCUT2D eigenvalue weighted by Crippen LogP contribution is -2.41. The molecule has 1 saturated heterocycles. The van der Waals surface area contributed by atoms with Crippen LogP contribution in [0.4, 0.5) is 0 Å². The lowest BCUT2D eigenvalue weighted by atomic mass is 10.1. The number of aromatic nitrogens is 2. The van der Waals surface area contributed by atoms with Crippen molar-refractivity contribution in [3.05, 3.63) is 53.3 Å². The van der Waals surface area contributed by atoms with Crippen LogP contribution in [0.2, 0.25) is 0 Å². The molecule has 0 unspecified atom stereocenters. The van der Waals surface area contributed by atoms with Crippen molar-refractivity contribution in [3.63, 3.8) is 0 Å². The van der Waals surface area contributed by atoms with E-state index in [2.05, 4.69) is 15.7 Å². The highest BCUT2D eigenvalue weighted by molar-refractivity contribution is 5.97. The molecule has 1 aliphatic rings. The van der Waals surface area contributed by atoms with Crippen LogP contribution in [-0.2, 0) is 9.47 Å². The van der Waals surface area contributed by atoms with E-state index in [1.54, 1.807) is 4.68 Å². The Morgan fingerprint density at radius 3 is 2.60 bits per heavy atom. The first kappa shape index (κ1) is 21.9. The van der Waals surface area contributed by atoms with Crippen LogP contribution in [0.15, 0.2) is 36.4 Å². The van der Waals surface area contributed by atoms with Gasteiger partial charge in [-0.15, -0.1) is 0 Å². The number of amides is 2. The number of hydrogen-bond acceptors (Lipinski definition) is 6. The number of nitrogens with zero attached hydrogens (tertiary/aromatic N) is 2. The number of hydrogen-bond donors (Lipinski definition) is 3. The van der Waals surface area contributed by atoms with Gasteiger partial charge in [0, 0.05) is 26.1 Å². The molecule has 0 aliphatic carbocycles. The predicted octanol–water partition coefficient (Wildman–Crippen LogP) is 1.06. The fraction of sp³-hybridized carbons (Fsp3) is 0.476. The number of carbonyl (C=O) groups is 2. The Morgan fingerprint density at radius 1 is 1.23 bits per heavy atom. The van der Waals surface area contributed by atoms with E-state index in [1.165, 1.54) is 13.1 Å². The average Bonchev–Trinajstić information content (AvgIpc) is 3.23. The van der Waals surface area contributed by atoms with Crippen molar-refractivity contribution in [2.45, 2.75) is 38.1 Å². The van der Waals surface area contributed by atoms with Crippen molar-refractivity contribution in [2.24, 2.45) is 5.73 Å². The first-order valence-corrected chi connectivity index (χ1v) is 10.1. The molecule has 1 aliphatic heterocycles. The quantitative estimate of drug-likeness (QED) is 0.555. The van der Waals surface area contributed by atoms with Crippen LogP contribution >= 0.6 is 0 Å². The van der Waals surface area contributed by atoms with E-state index in [9.17, 15) is 9.59 Å². The van der Waals surface area contributed by atoms with E-state index < -0.39 is 0 Å². The van der Waals surface area contributed by atoms with Gasteiger partial charge in [-0.1, -0.05) is 30.3 Å². The molecule has 0 saturated carbocycles. The summed E-state index contributed by atoms with van der Waals surface area (Å²) in [6.07, 6.45) is 1.07. The molecular weight excluding hydrogens is 386 g/mol. The zero-order valence-electron chi connectivity index (χ0n) is 17.3. The van der Waals surface area contributed by atoms with E-state index >= 15 is 0 Å². The van der Waals surface area contributed by atoms with Crippen molar-refractivity contribution >= 4 is 11.8 Å². The predicted molar refractivity (Wildman–Crippen MR) is 111 cm³/mol. The van der Waals surface area contributed by atoms with Crippen molar-refractivity contribution < 1.29 is 19.1 Å². The molecule has 2 amide bonds. The van der Waals surface area contributed by atoms with Gasteiger partial charge in [-0.05, 0) is 18.9 Å². The molecule has 1 fully saturated rings. The van der Waals surface area contributed by atoms with E-state index in [-0.39, 0.29) is 35.9 Å². The van der Waals surface area contributed by atoms with Gasteiger partial charge in [-0.2, -0.15) is 5.10 Å². The summed E-state index contributed by atoms with van der Waals surface area (Å²) >= 11 is 0. The van der Waals surface area contributed by atoms with Crippen LogP contribution < -0.4 is 16.4 Å². The molecule has 0 radical (unpaired) electrons. The van der Waals surface area contributed by atoms with Gasteiger partial charge in [-0.25, -0.2) is 0 Å². The number of nitrogens with one attached hydrogen (secondary N) is 2. The SMILES string of the molecule is CNC(=O)c1cc(C(=O)NCCC[C@H]2OC[C@H](N)CO2)n([C@@H](C)c2ccccc2)n1. The molecule has 30 heavy (non-hydrogen) atoms. The van der Waals surface area contributed by atoms with Crippen LogP contribution in [0.3, 0.4) is 0 Å². The second kappa shape index (κ2) is 10.3. The Hall–Kier alpha value is -2.75. The number of rotatable bonds is 8. The van der Waals surface area contributed by atoms with E-state index in [1.807, 2.05) is 37.3 Å². The lowest BCUT2D eigenvalue weighted by Gasteiger charge is -2.27. The highest BCUT2D eigenvalue weighted by atomic mass is 16.7. The molecular formula is C21H29N5O4. The van der Waals surface area contributed by atoms with Gasteiger partial charge >= 0.3 is 0 Å². The van der Waals surface area contributed by atoms with Crippen LogP contribution in [0, 0.1) is 0 Å². The molecule has 2 aromatic rings. The highest BCUT2D eigenvalue weighted by Crippen LogP contribution is 2.20. The highest BCUT2D eigenvalue weighted by Gasteiger charge is 2.23. The van der Waals surface area contributed by atoms with Gasteiger partial charge in [0.25, 0.3) is 11.8 Å². The smallest absolute Gasteiger partial charge is 0.271 e. The number of nitrogens with two attached hydrogens (primary N) is 1. The Bertz CT molecular complexity index is 846. The zero-order chi connectivity index (χ0) is 21.5. The Kier molecular flexibility index (Phi) is 7.56. The molecule has 3 rings (SSSR count). The van der Waals surface area contributed by atoms with Gasteiger partial charge in [0.05, 0.1) is 25.3 Å². The number of carbonyl (C=O) groups excluding carboxylic acids is 2. The van der Waals surface area contributed by atoms with E-state index in [0.717, 1.165) is 5.56 Å². The van der Waals surface area contributed by atoms with Gasteiger partial charge < -0.3 is 25.8 Å². The van der Waals surface area contributed by atoms with Crippen LogP contribution in [0.25, 0.3) is 0 Å². The molecule has 1 aromatic heterocycles. The Balaban J connectivity index is 1.64. The fourth-order valence-corrected chi connectivity index (χ4v) is 3.26. The zero-order valence-corrected chi connectivity index (χ0v) is 17.3. The standard InChI is InChI=1S/C21H29N5O4/c1-14(15-7-4-3-5-8-15)26-18(11-17(25-26)20(27)23-2)21(28)24-10-6-9-19-29-12-16(22)13-30-19/h3-5,7-8,11,14,16,19H,6,9-10,12-13,22H2,1-2H3,(H,23,27)(H,24,28)/t14-,16-,19-/m0/s1. The normalized spacial score (nSPS) is 19.8.